The molecule has 3 rings (SSSR count). The first-order valence-corrected chi connectivity index (χ1v) is 6.86. The zero-order valence-electron chi connectivity index (χ0n) is 12.0. The van der Waals surface area contributed by atoms with Gasteiger partial charge in [0.15, 0.2) is 0 Å². The molecule has 1 aromatic heterocycles. The Kier molecular flexibility index (Phi) is 3.61. The smallest absolute Gasteiger partial charge is 0.287 e. The largest absolute Gasteiger partial charge is 0.303 e. The summed E-state index contributed by atoms with van der Waals surface area (Å²) < 4.78 is 1.21. The van der Waals surface area contributed by atoms with Crippen molar-refractivity contribution in [2.45, 2.75) is 6.54 Å². The van der Waals surface area contributed by atoms with Gasteiger partial charge in [0, 0.05) is 6.07 Å². The Morgan fingerprint density at radius 1 is 1.17 bits per heavy atom. The predicted molar refractivity (Wildman–Crippen MR) is 85.1 cm³/mol. The van der Waals surface area contributed by atoms with Gasteiger partial charge in [-0.05, 0) is 16.3 Å². The van der Waals surface area contributed by atoms with Crippen molar-refractivity contribution in [3.8, 4) is 6.07 Å². The SMILES string of the molecule is N#Cc1cc([N+](=O)[O-])cn(Cc2cccc3ccccc23)c1=O. The van der Waals surface area contributed by atoms with Gasteiger partial charge >= 0.3 is 0 Å². The summed E-state index contributed by atoms with van der Waals surface area (Å²) in [6.45, 7) is 0.163. The fraction of sp³-hybridized carbons (Fsp3) is 0.0588. The Balaban J connectivity index is 2.16. The molecular weight excluding hydrogens is 294 g/mol. The van der Waals surface area contributed by atoms with Crippen molar-refractivity contribution in [2.24, 2.45) is 0 Å². The number of rotatable bonds is 3. The highest BCUT2D eigenvalue weighted by molar-refractivity contribution is 5.85. The summed E-state index contributed by atoms with van der Waals surface area (Å²) in [5.74, 6) is 0. The summed E-state index contributed by atoms with van der Waals surface area (Å²) in [5.41, 5.74) is -0.193. The van der Waals surface area contributed by atoms with E-state index in [1.807, 2.05) is 42.5 Å². The average Bonchev–Trinajstić information content (AvgIpc) is 2.56. The van der Waals surface area contributed by atoms with Gasteiger partial charge < -0.3 is 4.57 Å². The number of fused-ring (bicyclic) bond motifs is 1. The monoisotopic (exact) mass is 305 g/mol. The van der Waals surface area contributed by atoms with Crippen molar-refractivity contribution in [2.75, 3.05) is 0 Å². The van der Waals surface area contributed by atoms with Crippen LogP contribution in [-0.4, -0.2) is 9.49 Å². The molecule has 0 aliphatic heterocycles. The molecule has 0 atom stereocenters. The number of aromatic nitrogens is 1. The molecule has 0 spiro atoms. The van der Waals surface area contributed by atoms with Gasteiger partial charge in [-0.3, -0.25) is 14.9 Å². The Morgan fingerprint density at radius 2 is 1.91 bits per heavy atom. The number of benzene rings is 2. The molecule has 0 bridgehead atoms. The third kappa shape index (κ3) is 2.68. The van der Waals surface area contributed by atoms with E-state index in [1.165, 1.54) is 10.8 Å². The topological polar surface area (TPSA) is 88.9 Å². The van der Waals surface area contributed by atoms with Crippen molar-refractivity contribution < 1.29 is 4.92 Å². The summed E-state index contributed by atoms with van der Waals surface area (Å²) in [4.78, 5) is 22.6. The number of hydrogen-bond acceptors (Lipinski definition) is 4. The van der Waals surface area contributed by atoms with Gasteiger partial charge in [0.05, 0.1) is 17.7 Å². The minimum absolute atomic E-state index is 0.163. The van der Waals surface area contributed by atoms with Crippen LogP contribution in [0.15, 0.2) is 59.5 Å². The predicted octanol–water partition coefficient (Wildman–Crippen LogP) is 2.83. The highest BCUT2D eigenvalue weighted by Gasteiger charge is 2.14. The maximum atomic E-state index is 12.2. The highest BCUT2D eigenvalue weighted by Crippen LogP contribution is 2.20. The molecule has 6 heteroatoms. The summed E-state index contributed by atoms with van der Waals surface area (Å²) in [6, 6.07) is 16.1. The van der Waals surface area contributed by atoms with E-state index in [0.29, 0.717) is 0 Å². The number of pyridine rings is 1. The van der Waals surface area contributed by atoms with E-state index in [1.54, 1.807) is 6.07 Å². The molecule has 0 saturated carbocycles. The van der Waals surface area contributed by atoms with Crippen molar-refractivity contribution in [1.29, 1.82) is 5.26 Å². The van der Waals surface area contributed by atoms with Crippen LogP contribution < -0.4 is 5.56 Å². The molecule has 0 radical (unpaired) electrons. The van der Waals surface area contributed by atoms with E-state index in [4.69, 9.17) is 5.26 Å². The second-order valence-corrected chi connectivity index (χ2v) is 5.05. The first-order valence-electron chi connectivity index (χ1n) is 6.86. The maximum Gasteiger partial charge on any atom is 0.287 e. The van der Waals surface area contributed by atoms with Crippen molar-refractivity contribution >= 4 is 16.5 Å². The van der Waals surface area contributed by atoms with Crippen LogP contribution in [0.5, 0.6) is 0 Å². The molecule has 0 aliphatic rings. The molecule has 2 aromatic carbocycles. The lowest BCUT2D eigenvalue weighted by Gasteiger charge is -2.09. The Hall–Kier alpha value is -3.46. The minimum Gasteiger partial charge on any atom is -0.303 e. The molecule has 23 heavy (non-hydrogen) atoms. The van der Waals surface area contributed by atoms with Gasteiger partial charge in [-0.2, -0.15) is 5.26 Å². The van der Waals surface area contributed by atoms with E-state index < -0.39 is 10.5 Å². The second-order valence-electron chi connectivity index (χ2n) is 5.05. The quantitative estimate of drug-likeness (QED) is 0.549. The van der Waals surface area contributed by atoms with E-state index in [9.17, 15) is 14.9 Å². The van der Waals surface area contributed by atoms with Crippen LogP contribution in [0.1, 0.15) is 11.1 Å². The molecule has 0 saturated heterocycles. The van der Waals surface area contributed by atoms with Gasteiger partial charge in [-0.15, -0.1) is 0 Å². The summed E-state index contributed by atoms with van der Waals surface area (Å²) in [6.07, 6.45) is 1.17. The lowest BCUT2D eigenvalue weighted by atomic mass is 10.0. The summed E-state index contributed by atoms with van der Waals surface area (Å²) in [5, 5.41) is 22.0. The Labute approximate surface area is 131 Å². The summed E-state index contributed by atoms with van der Waals surface area (Å²) >= 11 is 0. The molecule has 0 aliphatic carbocycles. The lowest BCUT2D eigenvalue weighted by Crippen LogP contribution is -2.23. The van der Waals surface area contributed by atoms with Crippen molar-refractivity contribution in [3.63, 3.8) is 0 Å². The Bertz CT molecular complexity index is 1010. The van der Waals surface area contributed by atoms with E-state index >= 15 is 0 Å². The second kappa shape index (κ2) is 5.73. The van der Waals surface area contributed by atoms with Crippen molar-refractivity contribution in [1.82, 2.24) is 4.57 Å². The van der Waals surface area contributed by atoms with Crippen LogP contribution in [0.2, 0.25) is 0 Å². The highest BCUT2D eigenvalue weighted by atomic mass is 16.6. The normalized spacial score (nSPS) is 10.4. The van der Waals surface area contributed by atoms with Gasteiger partial charge in [-0.1, -0.05) is 42.5 Å². The van der Waals surface area contributed by atoms with Crippen LogP contribution in [-0.2, 0) is 6.54 Å². The number of nitriles is 1. The summed E-state index contributed by atoms with van der Waals surface area (Å²) in [7, 11) is 0. The first kappa shape index (κ1) is 14.5. The van der Waals surface area contributed by atoms with Gasteiger partial charge in [0.1, 0.15) is 11.6 Å². The third-order valence-electron chi connectivity index (χ3n) is 3.62. The fourth-order valence-corrected chi connectivity index (χ4v) is 2.53. The van der Waals surface area contributed by atoms with E-state index in [2.05, 4.69) is 0 Å². The lowest BCUT2D eigenvalue weighted by molar-refractivity contribution is -0.385. The van der Waals surface area contributed by atoms with Crippen LogP contribution in [0, 0.1) is 21.4 Å². The van der Waals surface area contributed by atoms with Gasteiger partial charge in [0.2, 0.25) is 0 Å². The molecule has 0 unspecified atom stereocenters. The van der Waals surface area contributed by atoms with Crippen LogP contribution in [0.25, 0.3) is 10.8 Å². The van der Waals surface area contributed by atoms with Crippen LogP contribution in [0.3, 0.4) is 0 Å². The molecule has 0 amide bonds. The zero-order chi connectivity index (χ0) is 16.4. The molecule has 6 nitrogen and oxygen atoms in total. The van der Waals surface area contributed by atoms with E-state index in [0.717, 1.165) is 22.4 Å². The number of nitrogens with zero attached hydrogens (tertiary/aromatic N) is 3. The molecule has 0 fully saturated rings. The average molecular weight is 305 g/mol. The Morgan fingerprint density at radius 3 is 2.65 bits per heavy atom. The third-order valence-corrected chi connectivity index (χ3v) is 3.62. The molecule has 1 heterocycles. The van der Waals surface area contributed by atoms with E-state index in [-0.39, 0.29) is 17.8 Å². The van der Waals surface area contributed by atoms with Gasteiger partial charge in [-0.25, -0.2) is 0 Å². The fourth-order valence-electron chi connectivity index (χ4n) is 2.53. The minimum atomic E-state index is -0.611. The standard InChI is InChI=1S/C17H11N3O3/c18-9-14-8-15(20(22)23)11-19(17(14)21)10-13-6-3-5-12-4-1-2-7-16(12)13/h1-8,11H,10H2. The molecular formula is C17H11N3O3. The zero-order valence-corrected chi connectivity index (χ0v) is 12.0. The van der Waals surface area contributed by atoms with Crippen LogP contribution in [0.4, 0.5) is 5.69 Å². The number of hydrogen-bond donors (Lipinski definition) is 0. The molecule has 112 valence electrons. The molecule has 3 aromatic rings. The van der Waals surface area contributed by atoms with Crippen LogP contribution >= 0.6 is 0 Å². The maximum absolute atomic E-state index is 12.2. The van der Waals surface area contributed by atoms with Crippen molar-refractivity contribution in [3.05, 3.63) is 86.3 Å². The van der Waals surface area contributed by atoms with Gasteiger partial charge in [0.25, 0.3) is 11.2 Å². The molecule has 0 N–H and O–H groups in total. The first-order chi connectivity index (χ1) is 11.1. The number of nitro groups is 1.